The van der Waals surface area contributed by atoms with Crippen LogP contribution in [0.5, 0.6) is 5.75 Å². The summed E-state index contributed by atoms with van der Waals surface area (Å²) < 4.78 is 12.4. The lowest BCUT2D eigenvalue weighted by Gasteiger charge is -2.15. The molecule has 0 saturated heterocycles. The van der Waals surface area contributed by atoms with Crippen LogP contribution in [0.3, 0.4) is 0 Å². The molecule has 0 spiro atoms. The summed E-state index contributed by atoms with van der Waals surface area (Å²) in [6, 6.07) is 23.8. The van der Waals surface area contributed by atoms with E-state index in [0.717, 1.165) is 5.56 Å². The van der Waals surface area contributed by atoms with Gasteiger partial charge in [0.2, 0.25) is 0 Å². The molecule has 0 bridgehead atoms. The van der Waals surface area contributed by atoms with Gasteiger partial charge in [-0.1, -0.05) is 48.5 Å². The Morgan fingerprint density at radius 2 is 1.72 bits per heavy atom. The van der Waals surface area contributed by atoms with E-state index in [2.05, 4.69) is 0 Å². The monoisotopic (exact) mass is 424 g/mol. The van der Waals surface area contributed by atoms with Crippen molar-refractivity contribution in [3.63, 3.8) is 0 Å². The van der Waals surface area contributed by atoms with Gasteiger partial charge in [0, 0.05) is 11.8 Å². The minimum absolute atomic E-state index is 0.116. The van der Waals surface area contributed by atoms with Gasteiger partial charge in [0.1, 0.15) is 24.0 Å². The molecule has 0 aliphatic rings. The number of hydrogen-bond acceptors (Lipinski definition) is 5. The molecule has 0 N–H and O–H groups in total. The van der Waals surface area contributed by atoms with Crippen LogP contribution < -0.4 is 10.3 Å². The second-order valence-electron chi connectivity index (χ2n) is 7.02. The smallest absolute Gasteiger partial charge is 0.340 e. The summed E-state index contributed by atoms with van der Waals surface area (Å²) in [6.45, 7) is 2.29. The molecule has 0 unspecified atom stereocenters. The van der Waals surface area contributed by atoms with Crippen molar-refractivity contribution in [1.82, 2.24) is 4.40 Å². The summed E-state index contributed by atoms with van der Waals surface area (Å²) in [4.78, 5) is 25.9. The van der Waals surface area contributed by atoms with Gasteiger partial charge in [-0.15, -0.1) is 0 Å². The van der Waals surface area contributed by atoms with Crippen molar-refractivity contribution >= 4 is 11.5 Å². The van der Waals surface area contributed by atoms with Crippen molar-refractivity contribution < 1.29 is 14.3 Å². The van der Waals surface area contributed by atoms with Crippen LogP contribution in [0.1, 0.15) is 28.4 Å². The zero-order valence-electron chi connectivity index (χ0n) is 17.4. The van der Waals surface area contributed by atoms with Crippen molar-refractivity contribution in [3.05, 3.63) is 106 Å². The second kappa shape index (κ2) is 9.19. The summed E-state index contributed by atoms with van der Waals surface area (Å²) in [5.74, 6) is 0.0402. The average molecular weight is 424 g/mol. The summed E-state index contributed by atoms with van der Waals surface area (Å²) in [5, 5.41) is 9.78. The average Bonchev–Trinajstić information content (AvgIpc) is 2.84. The number of carbonyl (C=O) groups is 1. The highest BCUT2D eigenvalue weighted by Gasteiger charge is 2.24. The number of hydrogen-bond donors (Lipinski definition) is 0. The van der Waals surface area contributed by atoms with Crippen molar-refractivity contribution in [3.8, 4) is 22.9 Å². The largest absolute Gasteiger partial charge is 0.489 e. The van der Waals surface area contributed by atoms with Gasteiger partial charge in [-0.05, 0) is 42.3 Å². The first-order valence-electron chi connectivity index (χ1n) is 10.2. The lowest BCUT2D eigenvalue weighted by atomic mass is 9.95. The molecule has 0 saturated carbocycles. The molecular weight excluding hydrogens is 404 g/mol. The molecule has 0 aliphatic carbocycles. The Balaban J connectivity index is 1.81. The summed E-state index contributed by atoms with van der Waals surface area (Å²) in [7, 11) is 0. The molecule has 158 valence electrons. The van der Waals surface area contributed by atoms with E-state index >= 15 is 0 Å². The standard InChI is InChI=1S/C26H20N2O4/c1-2-31-26(30)24-22-10-6-7-15-28(22)25(29)21(16-27)23(24)19-11-13-20(14-12-19)32-17-18-8-4-3-5-9-18/h3-15H,2,17H2,1H3. The van der Waals surface area contributed by atoms with Crippen LogP contribution in [0, 0.1) is 11.3 Å². The van der Waals surface area contributed by atoms with Crippen molar-refractivity contribution in [2.24, 2.45) is 0 Å². The van der Waals surface area contributed by atoms with Gasteiger partial charge in [0.15, 0.2) is 0 Å². The van der Waals surface area contributed by atoms with Crippen LogP contribution in [-0.4, -0.2) is 17.0 Å². The third-order valence-corrected chi connectivity index (χ3v) is 5.03. The lowest BCUT2D eigenvalue weighted by Crippen LogP contribution is -2.22. The molecular formula is C26H20N2O4. The maximum atomic E-state index is 13.0. The molecule has 0 radical (unpaired) electrons. The number of aromatic nitrogens is 1. The summed E-state index contributed by atoms with van der Waals surface area (Å²) >= 11 is 0. The van der Waals surface area contributed by atoms with E-state index < -0.39 is 11.5 Å². The predicted molar refractivity (Wildman–Crippen MR) is 121 cm³/mol. The Bertz CT molecular complexity index is 1370. The van der Waals surface area contributed by atoms with E-state index in [1.165, 1.54) is 10.6 Å². The fraction of sp³-hybridized carbons (Fsp3) is 0.115. The predicted octanol–water partition coefficient (Wildman–Crippen LogP) is 4.59. The van der Waals surface area contributed by atoms with Crippen LogP contribution in [0.15, 0.2) is 83.8 Å². The van der Waals surface area contributed by atoms with Crippen LogP contribution in [0.2, 0.25) is 0 Å². The number of carbonyl (C=O) groups excluding carboxylic acids is 1. The third kappa shape index (κ3) is 3.96. The first kappa shape index (κ1) is 20.9. The number of fused-ring (bicyclic) bond motifs is 1. The van der Waals surface area contributed by atoms with Crippen LogP contribution in [0.25, 0.3) is 16.6 Å². The Morgan fingerprint density at radius 3 is 2.41 bits per heavy atom. The van der Waals surface area contributed by atoms with Crippen LogP contribution in [0.4, 0.5) is 0 Å². The van der Waals surface area contributed by atoms with Crippen LogP contribution >= 0.6 is 0 Å². The van der Waals surface area contributed by atoms with Crippen molar-refractivity contribution in [1.29, 1.82) is 5.26 Å². The zero-order chi connectivity index (χ0) is 22.5. The first-order chi connectivity index (χ1) is 15.6. The molecule has 0 fully saturated rings. The number of nitrogens with zero attached hydrogens (tertiary/aromatic N) is 2. The number of pyridine rings is 2. The van der Waals surface area contributed by atoms with E-state index in [0.29, 0.717) is 23.4 Å². The Hall–Kier alpha value is -4.37. The minimum Gasteiger partial charge on any atom is -0.489 e. The summed E-state index contributed by atoms with van der Waals surface area (Å²) in [5.41, 5.74) is 1.81. The second-order valence-corrected chi connectivity index (χ2v) is 7.02. The van der Waals surface area contributed by atoms with Crippen molar-refractivity contribution in [2.75, 3.05) is 6.61 Å². The topological polar surface area (TPSA) is 80.8 Å². The highest BCUT2D eigenvalue weighted by Crippen LogP contribution is 2.31. The van der Waals surface area contributed by atoms with Crippen molar-refractivity contribution in [2.45, 2.75) is 13.5 Å². The van der Waals surface area contributed by atoms with E-state index in [1.54, 1.807) is 49.4 Å². The molecule has 0 aliphatic heterocycles. The maximum absolute atomic E-state index is 13.0. The molecule has 4 aromatic rings. The fourth-order valence-electron chi connectivity index (χ4n) is 3.57. The molecule has 6 heteroatoms. The fourth-order valence-corrected chi connectivity index (χ4v) is 3.57. The minimum atomic E-state index is -0.591. The number of nitriles is 1. The lowest BCUT2D eigenvalue weighted by molar-refractivity contribution is 0.0529. The molecule has 6 nitrogen and oxygen atoms in total. The molecule has 32 heavy (non-hydrogen) atoms. The molecule has 4 rings (SSSR count). The molecule has 0 amide bonds. The van der Waals surface area contributed by atoms with Gasteiger partial charge >= 0.3 is 5.97 Å². The quantitative estimate of drug-likeness (QED) is 0.423. The van der Waals surface area contributed by atoms with Crippen LogP contribution in [-0.2, 0) is 11.3 Å². The maximum Gasteiger partial charge on any atom is 0.340 e. The Morgan fingerprint density at radius 1 is 1.00 bits per heavy atom. The van der Waals surface area contributed by atoms with Gasteiger partial charge < -0.3 is 9.47 Å². The van der Waals surface area contributed by atoms with E-state index in [9.17, 15) is 14.9 Å². The van der Waals surface area contributed by atoms with Gasteiger partial charge in [-0.25, -0.2) is 4.79 Å². The zero-order valence-corrected chi connectivity index (χ0v) is 17.4. The van der Waals surface area contributed by atoms with Gasteiger partial charge in [0.05, 0.1) is 17.7 Å². The Kier molecular flexibility index (Phi) is 6.00. The van der Waals surface area contributed by atoms with Gasteiger partial charge in [-0.3, -0.25) is 9.20 Å². The molecule has 2 aromatic carbocycles. The molecule has 0 atom stereocenters. The normalized spacial score (nSPS) is 10.5. The van der Waals surface area contributed by atoms with E-state index in [4.69, 9.17) is 9.47 Å². The van der Waals surface area contributed by atoms with Gasteiger partial charge in [-0.2, -0.15) is 5.26 Å². The summed E-state index contributed by atoms with van der Waals surface area (Å²) in [6.07, 6.45) is 1.53. The highest BCUT2D eigenvalue weighted by molar-refractivity contribution is 6.05. The Labute approximate surface area is 184 Å². The van der Waals surface area contributed by atoms with E-state index in [-0.39, 0.29) is 23.3 Å². The number of ether oxygens (including phenoxy) is 2. The highest BCUT2D eigenvalue weighted by atomic mass is 16.5. The van der Waals surface area contributed by atoms with Gasteiger partial charge in [0.25, 0.3) is 5.56 Å². The van der Waals surface area contributed by atoms with E-state index in [1.807, 2.05) is 36.4 Å². The number of benzene rings is 2. The number of rotatable bonds is 6. The molecule has 2 heterocycles. The molecule has 2 aromatic heterocycles. The number of esters is 1. The SMILES string of the molecule is CCOC(=O)c1c(-c2ccc(OCc3ccccc3)cc2)c(C#N)c(=O)n2ccccc12. The third-order valence-electron chi connectivity index (χ3n) is 5.03. The first-order valence-corrected chi connectivity index (χ1v) is 10.2.